The van der Waals surface area contributed by atoms with Gasteiger partial charge in [0.1, 0.15) is 4.83 Å². The van der Waals surface area contributed by atoms with Crippen LogP contribution in [0.25, 0.3) is 10.2 Å². The molecule has 3 aromatic rings. The summed E-state index contributed by atoms with van der Waals surface area (Å²) in [7, 11) is 1.83. The van der Waals surface area contributed by atoms with Crippen LogP contribution in [0.15, 0.2) is 40.3 Å². The number of thiophene rings is 1. The molecule has 2 aromatic heterocycles. The molecule has 2 atom stereocenters. The van der Waals surface area contributed by atoms with E-state index in [9.17, 15) is 9.59 Å². The summed E-state index contributed by atoms with van der Waals surface area (Å²) in [5.74, 6) is 0.230. The minimum Gasteiger partial charge on any atom is -0.376 e. The van der Waals surface area contributed by atoms with Crippen molar-refractivity contribution in [2.45, 2.75) is 63.9 Å². The summed E-state index contributed by atoms with van der Waals surface area (Å²) in [6.07, 6.45) is 2.77. The van der Waals surface area contributed by atoms with Crippen molar-refractivity contribution in [1.29, 1.82) is 0 Å². The van der Waals surface area contributed by atoms with Crippen molar-refractivity contribution in [2.75, 3.05) is 19.4 Å². The van der Waals surface area contributed by atoms with E-state index < -0.39 is 0 Å². The predicted octanol–water partition coefficient (Wildman–Crippen LogP) is 4.82. The molecule has 0 saturated carbocycles. The zero-order valence-electron chi connectivity index (χ0n) is 19.7. The Kier molecular flexibility index (Phi) is 7.56. The van der Waals surface area contributed by atoms with Gasteiger partial charge in [0.2, 0.25) is 5.91 Å². The first kappa shape index (κ1) is 24.0. The molecule has 3 heterocycles. The average Bonchev–Trinajstić information content (AvgIpc) is 3.45. The summed E-state index contributed by atoms with van der Waals surface area (Å²) in [5, 5.41) is 1.32. The third kappa shape index (κ3) is 5.03. The van der Waals surface area contributed by atoms with E-state index in [1.807, 2.05) is 51.2 Å². The Morgan fingerprint density at radius 3 is 2.79 bits per heavy atom. The lowest BCUT2D eigenvalue weighted by atomic mass is 10.1. The van der Waals surface area contributed by atoms with E-state index in [0.29, 0.717) is 11.7 Å². The van der Waals surface area contributed by atoms with E-state index in [0.717, 1.165) is 52.1 Å². The molecule has 0 radical (unpaired) electrons. The summed E-state index contributed by atoms with van der Waals surface area (Å²) < 4.78 is 7.55. The van der Waals surface area contributed by atoms with Crippen LogP contribution in [0.4, 0.5) is 0 Å². The third-order valence-electron chi connectivity index (χ3n) is 6.42. The van der Waals surface area contributed by atoms with Crippen molar-refractivity contribution in [3.63, 3.8) is 0 Å². The highest BCUT2D eigenvalue weighted by Crippen LogP contribution is 2.30. The number of hydrogen-bond donors (Lipinski definition) is 0. The number of benzene rings is 1. The number of thioether (sulfide) groups is 1. The van der Waals surface area contributed by atoms with Gasteiger partial charge < -0.3 is 9.64 Å². The van der Waals surface area contributed by atoms with Gasteiger partial charge in [-0.2, -0.15) is 0 Å². The van der Waals surface area contributed by atoms with Gasteiger partial charge in [-0.25, -0.2) is 4.98 Å². The maximum absolute atomic E-state index is 13.6. The zero-order valence-corrected chi connectivity index (χ0v) is 21.3. The number of hydrogen-bond acceptors (Lipinski definition) is 6. The molecule has 1 aliphatic rings. The molecular formula is C25H31N3O3S2. The van der Waals surface area contributed by atoms with Gasteiger partial charge in [-0.05, 0) is 44.2 Å². The Balaban J connectivity index is 1.60. The standard InChI is InChI=1S/C25H31N3O3S2/c1-5-20-17(3)33-23-22(20)24(30)28(14-19-12-9-13-31-19)25(26-23)32-15-21(29)27(4)16(2)18-10-7-6-8-11-18/h6-8,10-11,16,19H,5,9,12-15H2,1-4H3/t16-,19+/m1/s1. The largest absolute Gasteiger partial charge is 0.376 e. The van der Waals surface area contributed by atoms with Crippen molar-refractivity contribution in [2.24, 2.45) is 0 Å². The number of ether oxygens (including phenoxy) is 1. The van der Waals surface area contributed by atoms with Crippen molar-refractivity contribution in [3.05, 3.63) is 56.7 Å². The molecule has 4 rings (SSSR count). The third-order valence-corrected chi connectivity index (χ3v) is 8.42. The first-order valence-electron chi connectivity index (χ1n) is 11.5. The van der Waals surface area contributed by atoms with E-state index >= 15 is 0 Å². The molecule has 0 N–H and O–H groups in total. The first-order chi connectivity index (χ1) is 15.9. The fourth-order valence-corrected chi connectivity index (χ4v) is 6.41. The van der Waals surface area contributed by atoms with Crippen LogP contribution >= 0.6 is 23.1 Å². The fourth-order valence-electron chi connectivity index (χ4n) is 4.32. The van der Waals surface area contributed by atoms with Crippen molar-refractivity contribution in [3.8, 4) is 0 Å². The molecule has 0 unspecified atom stereocenters. The van der Waals surface area contributed by atoms with Gasteiger partial charge in [-0.15, -0.1) is 11.3 Å². The highest BCUT2D eigenvalue weighted by Gasteiger charge is 2.24. The molecule has 1 fully saturated rings. The summed E-state index contributed by atoms with van der Waals surface area (Å²) in [6, 6.07) is 9.96. The van der Waals surface area contributed by atoms with Gasteiger partial charge in [0.15, 0.2) is 5.16 Å². The topological polar surface area (TPSA) is 64.4 Å². The maximum Gasteiger partial charge on any atom is 0.263 e. The van der Waals surface area contributed by atoms with Crippen LogP contribution < -0.4 is 5.56 Å². The van der Waals surface area contributed by atoms with Crippen LogP contribution in [0, 0.1) is 6.92 Å². The number of fused-ring (bicyclic) bond motifs is 1. The second-order valence-electron chi connectivity index (χ2n) is 8.50. The molecule has 33 heavy (non-hydrogen) atoms. The Morgan fingerprint density at radius 2 is 2.12 bits per heavy atom. The number of carbonyl (C=O) groups excluding carboxylic acids is 1. The van der Waals surface area contributed by atoms with E-state index in [2.05, 4.69) is 6.92 Å². The number of nitrogens with zero attached hydrogens (tertiary/aromatic N) is 3. The highest BCUT2D eigenvalue weighted by atomic mass is 32.2. The smallest absolute Gasteiger partial charge is 0.263 e. The van der Waals surface area contributed by atoms with Gasteiger partial charge in [-0.3, -0.25) is 14.2 Å². The summed E-state index contributed by atoms with van der Waals surface area (Å²) in [5.41, 5.74) is 2.16. The van der Waals surface area contributed by atoms with E-state index in [-0.39, 0.29) is 29.4 Å². The van der Waals surface area contributed by atoms with Gasteiger partial charge in [-0.1, -0.05) is 49.0 Å². The van der Waals surface area contributed by atoms with Gasteiger partial charge in [0.25, 0.3) is 5.56 Å². The number of aryl methyl sites for hydroxylation is 2. The molecule has 1 aromatic carbocycles. The predicted molar refractivity (Wildman–Crippen MR) is 135 cm³/mol. The first-order valence-corrected chi connectivity index (χ1v) is 13.3. The molecular weight excluding hydrogens is 454 g/mol. The lowest BCUT2D eigenvalue weighted by Crippen LogP contribution is -2.32. The van der Waals surface area contributed by atoms with Gasteiger partial charge in [0, 0.05) is 18.5 Å². The molecule has 0 spiro atoms. The van der Waals surface area contributed by atoms with Gasteiger partial charge in [0.05, 0.1) is 29.8 Å². The van der Waals surface area contributed by atoms with E-state index in [1.54, 1.807) is 20.8 Å². The van der Waals surface area contributed by atoms with Crippen LogP contribution in [0.3, 0.4) is 0 Å². The molecule has 176 valence electrons. The molecule has 1 amide bonds. The van der Waals surface area contributed by atoms with Crippen molar-refractivity contribution < 1.29 is 9.53 Å². The monoisotopic (exact) mass is 485 g/mol. The number of amides is 1. The molecule has 0 aliphatic carbocycles. The fraction of sp³-hybridized carbons (Fsp3) is 0.480. The Hall–Kier alpha value is -2.16. The van der Waals surface area contributed by atoms with E-state index in [4.69, 9.17) is 9.72 Å². The lowest BCUT2D eigenvalue weighted by molar-refractivity contribution is -0.128. The summed E-state index contributed by atoms with van der Waals surface area (Å²) in [4.78, 5) is 35.1. The Bertz CT molecular complexity index is 1180. The van der Waals surface area contributed by atoms with E-state index in [1.165, 1.54) is 11.8 Å². The molecule has 1 aliphatic heterocycles. The average molecular weight is 486 g/mol. The van der Waals surface area contributed by atoms with Crippen molar-refractivity contribution in [1.82, 2.24) is 14.5 Å². The van der Waals surface area contributed by atoms with Crippen LogP contribution in [0.5, 0.6) is 0 Å². The SMILES string of the molecule is CCc1c(C)sc2nc(SCC(=O)N(C)[C@H](C)c3ccccc3)n(C[C@@H]3CCCO3)c(=O)c12. The normalized spacial score (nSPS) is 16.9. The Labute approximate surface area is 203 Å². The lowest BCUT2D eigenvalue weighted by Gasteiger charge is -2.25. The molecule has 0 bridgehead atoms. The molecule has 8 heteroatoms. The zero-order chi connectivity index (χ0) is 23.5. The summed E-state index contributed by atoms with van der Waals surface area (Å²) in [6.45, 7) is 7.35. The molecule has 1 saturated heterocycles. The van der Waals surface area contributed by atoms with Crippen LogP contribution in [-0.4, -0.2) is 45.9 Å². The van der Waals surface area contributed by atoms with Gasteiger partial charge >= 0.3 is 0 Å². The maximum atomic E-state index is 13.6. The minimum absolute atomic E-state index is 0.00553. The minimum atomic E-state index is -0.0316. The second-order valence-corrected chi connectivity index (χ2v) is 10.6. The van der Waals surface area contributed by atoms with Crippen molar-refractivity contribution >= 4 is 39.2 Å². The van der Waals surface area contributed by atoms with Crippen LogP contribution in [-0.2, 0) is 22.5 Å². The van der Waals surface area contributed by atoms with Crippen LogP contribution in [0.2, 0.25) is 0 Å². The Morgan fingerprint density at radius 1 is 1.36 bits per heavy atom. The number of carbonyl (C=O) groups is 1. The molecule has 6 nitrogen and oxygen atoms in total. The number of rotatable bonds is 8. The van der Waals surface area contributed by atoms with Crippen LogP contribution in [0.1, 0.15) is 48.7 Å². The summed E-state index contributed by atoms with van der Waals surface area (Å²) >= 11 is 2.90. The highest BCUT2D eigenvalue weighted by molar-refractivity contribution is 7.99. The quantitative estimate of drug-likeness (QED) is 0.338. The second kappa shape index (κ2) is 10.4. The number of aromatic nitrogens is 2.